The number of carbonyl (C=O) groups excluding carboxylic acids is 1. The first-order chi connectivity index (χ1) is 12.3. The van der Waals surface area contributed by atoms with Crippen molar-refractivity contribution in [3.63, 3.8) is 0 Å². The Labute approximate surface area is 157 Å². The summed E-state index contributed by atoms with van der Waals surface area (Å²) in [6.45, 7) is 6.08. The van der Waals surface area contributed by atoms with E-state index in [-0.39, 0.29) is 11.3 Å². The summed E-state index contributed by atoms with van der Waals surface area (Å²) in [7, 11) is 0. The summed E-state index contributed by atoms with van der Waals surface area (Å²) in [4.78, 5) is 16.7. The number of hydrogen-bond donors (Lipinski definition) is 1. The van der Waals surface area contributed by atoms with Gasteiger partial charge in [0.1, 0.15) is 0 Å². The molecule has 3 aromatic rings. The van der Waals surface area contributed by atoms with Crippen LogP contribution in [0.2, 0.25) is 5.02 Å². The molecule has 0 spiro atoms. The van der Waals surface area contributed by atoms with Crippen LogP contribution in [0.1, 0.15) is 38.3 Å². The highest BCUT2D eigenvalue weighted by molar-refractivity contribution is 6.30. The van der Waals surface area contributed by atoms with Crippen molar-refractivity contribution in [2.45, 2.75) is 27.2 Å². The van der Waals surface area contributed by atoms with Gasteiger partial charge in [-0.15, -0.1) is 5.10 Å². The van der Waals surface area contributed by atoms with Crippen LogP contribution in [0.3, 0.4) is 0 Å². The number of carbonyl (C=O) groups is 1. The number of rotatable bonds is 4. The topological polar surface area (TPSA) is 59.3 Å². The highest BCUT2D eigenvalue weighted by atomic mass is 35.5. The molecule has 1 aromatic carbocycles. The molecule has 1 amide bonds. The molecule has 0 radical (unpaired) electrons. The highest BCUT2D eigenvalue weighted by Gasteiger charge is 2.19. The molecule has 3 rings (SSSR count). The second-order valence-corrected chi connectivity index (χ2v) is 7.76. The zero-order chi connectivity index (χ0) is 18.7. The van der Waals surface area contributed by atoms with E-state index in [1.54, 1.807) is 23.0 Å². The maximum atomic E-state index is 12.3. The fourth-order valence-corrected chi connectivity index (χ4v) is 2.69. The van der Waals surface area contributed by atoms with Gasteiger partial charge in [0.15, 0.2) is 11.5 Å². The van der Waals surface area contributed by atoms with E-state index in [9.17, 15) is 4.79 Å². The molecule has 0 saturated carbocycles. The molecule has 26 heavy (non-hydrogen) atoms. The Balaban J connectivity index is 1.94. The maximum Gasteiger partial charge on any atom is 0.226 e. The van der Waals surface area contributed by atoms with Crippen LogP contribution in [0.4, 0.5) is 5.82 Å². The number of fused-ring (bicyclic) bond motifs is 1. The summed E-state index contributed by atoms with van der Waals surface area (Å²) < 4.78 is 1.66. The number of amides is 1. The van der Waals surface area contributed by atoms with Gasteiger partial charge in [0.2, 0.25) is 5.91 Å². The van der Waals surface area contributed by atoms with Gasteiger partial charge in [-0.1, -0.05) is 50.6 Å². The molecule has 6 heteroatoms. The standard InChI is InChI=1S/C20H21ClN4O/c1-20(2,3)13-17(26)23-18-16(19-22-11-4-12-25(19)24-18)10-7-14-5-8-15(21)9-6-14/h4-12H,13H2,1-3H3,(H,23,24,26)/b10-7+. The first-order valence-electron chi connectivity index (χ1n) is 8.39. The molecule has 0 fully saturated rings. The predicted octanol–water partition coefficient (Wildman–Crippen LogP) is 4.93. The Morgan fingerprint density at radius 1 is 1.23 bits per heavy atom. The van der Waals surface area contributed by atoms with Crippen LogP contribution >= 0.6 is 11.6 Å². The zero-order valence-electron chi connectivity index (χ0n) is 15.0. The summed E-state index contributed by atoms with van der Waals surface area (Å²) in [5, 5.41) is 8.07. The van der Waals surface area contributed by atoms with E-state index in [1.807, 2.05) is 57.2 Å². The number of hydrogen-bond acceptors (Lipinski definition) is 3. The second kappa shape index (κ2) is 7.30. The number of anilines is 1. The van der Waals surface area contributed by atoms with Crippen molar-refractivity contribution < 1.29 is 4.79 Å². The third-order valence-electron chi connectivity index (χ3n) is 3.69. The lowest BCUT2D eigenvalue weighted by Gasteiger charge is -2.16. The summed E-state index contributed by atoms with van der Waals surface area (Å²) in [6.07, 6.45) is 7.78. The van der Waals surface area contributed by atoms with Crippen LogP contribution in [0.15, 0.2) is 42.7 Å². The summed E-state index contributed by atoms with van der Waals surface area (Å²) >= 11 is 5.93. The Morgan fingerprint density at radius 3 is 2.65 bits per heavy atom. The average Bonchev–Trinajstić information content (AvgIpc) is 2.89. The van der Waals surface area contributed by atoms with Gasteiger partial charge >= 0.3 is 0 Å². The lowest BCUT2D eigenvalue weighted by Crippen LogP contribution is -2.20. The van der Waals surface area contributed by atoms with E-state index in [2.05, 4.69) is 15.4 Å². The lowest BCUT2D eigenvalue weighted by molar-refractivity contribution is -0.117. The molecule has 0 saturated heterocycles. The van der Waals surface area contributed by atoms with Crippen molar-refractivity contribution in [3.05, 3.63) is 58.9 Å². The van der Waals surface area contributed by atoms with Gasteiger partial charge in [0.05, 0.1) is 5.56 Å². The van der Waals surface area contributed by atoms with Gasteiger partial charge in [-0.3, -0.25) is 4.79 Å². The van der Waals surface area contributed by atoms with Crippen molar-refractivity contribution >= 4 is 41.1 Å². The van der Waals surface area contributed by atoms with Crippen molar-refractivity contribution in [2.24, 2.45) is 5.41 Å². The number of nitrogens with zero attached hydrogens (tertiary/aromatic N) is 3. The fraction of sp³-hybridized carbons (Fsp3) is 0.250. The molecule has 134 valence electrons. The summed E-state index contributed by atoms with van der Waals surface area (Å²) in [6, 6.07) is 9.32. The Kier molecular flexibility index (Phi) is 5.09. The van der Waals surface area contributed by atoms with Crippen LogP contribution in [0.25, 0.3) is 17.8 Å². The molecule has 2 heterocycles. The normalized spacial score (nSPS) is 12.0. The zero-order valence-corrected chi connectivity index (χ0v) is 15.8. The molecule has 0 bridgehead atoms. The minimum atomic E-state index is -0.0964. The lowest BCUT2D eigenvalue weighted by atomic mass is 9.92. The minimum Gasteiger partial charge on any atom is -0.309 e. The van der Waals surface area contributed by atoms with E-state index in [4.69, 9.17) is 11.6 Å². The van der Waals surface area contributed by atoms with E-state index >= 15 is 0 Å². The monoisotopic (exact) mass is 368 g/mol. The molecule has 0 aliphatic carbocycles. The van der Waals surface area contributed by atoms with Crippen LogP contribution in [-0.4, -0.2) is 20.5 Å². The van der Waals surface area contributed by atoms with Gasteiger partial charge in [-0.05, 0) is 35.3 Å². The Morgan fingerprint density at radius 2 is 1.96 bits per heavy atom. The summed E-state index contributed by atoms with van der Waals surface area (Å²) in [5.41, 5.74) is 2.35. The molecule has 0 atom stereocenters. The third-order valence-corrected chi connectivity index (χ3v) is 3.94. The van der Waals surface area contributed by atoms with E-state index < -0.39 is 0 Å². The molecule has 2 aromatic heterocycles. The van der Waals surface area contributed by atoms with Crippen LogP contribution in [0, 0.1) is 5.41 Å². The van der Waals surface area contributed by atoms with Gasteiger partial charge < -0.3 is 5.32 Å². The first-order valence-corrected chi connectivity index (χ1v) is 8.76. The van der Waals surface area contributed by atoms with E-state index in [0.717, 1.165) is 11.1 Å². The molecular formula is C20H21ClN4O. The fourth-order valence-electron chi connectivity index (χ4n) is 2.56. The molecular weight excluding hydrogens is 348 g/mol. The quantitative estimate of drug-likeness (QED) is 0.710. The minimum absolute atomic E-state index is 0.0675. The van der Waals surface area contributed by atoms with Crippen molar-refractivity contribution in [3.8, 4) is 0 Å². The highest BCUT2D eigenvalue weighted by Crippen LogP contribution is 2.24. The van der Waals surface area contributed by atoms with Crippen molar-refractivity contribution in [1.82, 2.24) is 14.6 Å². The average molecular weight is 369 g/mol. The second-order valence-electron chi connectivity index (χ2n) is 7.32. The number of aromatic nitrogens is 3. The van der Waals surface area contributed by atoms with E-state index in [0.29, 0.717) is 22.9 Å². The van der Waals surface area contributed by atoms with Gasteiger partial charge in [-0.2, -0.15) is 0 Å². The molecule has 0 aliphatic heterocycles. The van der Waals surface area contributed by atoms with Crippen LogP contribution < -0.4 is 5.32 Å². The van der Waals surface area contributed by atoms with Gasteiger partial charge in [0, 0.05) is 23.8 Å². The SMILES string of the molecule is CC(C)(C)CC(=O)Nc1nn2cccnc2c1/C=C/c1ccc(Cl)cc1. The molecule has 5 nitrogen and oxygen atoms in total. The van der Waals surface area contributed by atoms with Crippen molar-refractivity contribution in [2.75, 3.05) is 5.32 Å². The summed E-state index contributed by atoms with van der Waals surface area (Å²) in [5.74, 6) is 0.435. The Bertz CT molecular complexity index is 952. The number of halogens is 1. The van der Waals surface area contributed by atoms with E-state index in [1.165, 1.54) is 0 Å². The van der Waals surface area contributed by atoms with Crippen LogP contribution in [-0.2, 0) is 4.79 Å². The predicted molar refractivity (Wildman–Crippen MR) is 106 cm³/mol. The first kappa shape index (κ1) is 18.1. The molecule has 0 unspecified atom stereocenters. The molecule has 1 N–H and O–H groups in total. The van der Waals surface area contributed by atoms with Gasteiger partial charge in [0.25, 0.3) is 0 Å². The number of nitrogens with one attached hydrogen (secondary N) is 1. The van der Waals surface area contributed by atoms with Crippen molar-refractivity contribution in [1.29, 1.82) is 0 Å². The largest absolute Gasteiger partial charge is 0.309 e. The maximum absolute atomic E-state index is 12.3. The Hall–Kier alpha value is -2.66. The van der Waals surface area contributed by atoms with Crippen LogP contribution in [0.5, 0.6) is 0 Å². The number of benzene rings is 1. The smallest absolute Gasteiger partial charge is 0.226 e. The molecule has 0 aliphatic rings. The third kappa shape index (κ3) is 4.49. The van der Waals surface area contributed by atoms with Gasteiger partial charge in [-0.25, -0.2) is 9.50 Å².